The van der Waals surface area contributed by atoms with Crippen molar-refractivity contribution in [2.45, 2.75) is 43.7 Å². The predicted octanol–water partition coefficient (Wildman–Crippen LogP) is 2.98. The molecule has 1 rings (SSSR count). The van der Waals surface area contributed by atoms with Gasteiger partial charge in [-0.3, -0.25) is 9.59 Å². The summed E-state index contributed by atoms with van der Waals surface area (Å²) < 4.78 is 5.17. The van der Waals surface area contributed by atoms with Crippen molar-refractivity contribution in [2.75, 3.05) is 6.61 Å². The number of amides is 1. The SMILES string of the molecule is CC(C)(C)OC(=O)CC(Br)C(=O)NC(CO)c1ccc(Cl)cc1. The summed E-state index contributed by atoms with van der Waals surface area (Å²) in [7, 11) is 0. The minimum atomic E-state index is -0.737. The summed E-state index contributed by atoms with van der Waals surface area (Å²) >= 11 is 8.99. The van der Waals surface area contributed by atoms with E-state index in [9.17, 15) is 14.7 Å². The predicted molar refractivity (Wildman–Crippen MR) is 92.6 cm³/mol. The van der Waals surface area contributed by atoms with Crippen LogP contribution in [0.5, 0.6) is 0 Å². The van der Waals surface area contributed by atoms with Gasteiger partial charge in [-0.1, -0.05) is 39.7 Å². The maximum Gasteiger partial charge on any atom is 0.307 e. The fraction of sp³-hybridized carbons (Fsp3) is 0.500. The first-order chi connectivity index (χ1) is 10.6. The van der Waals surface area contributed by atoms with Crippen molar-refractivity contribution < 1.29 is 19.4 Å². The van der Waals surface area contributed by atoms with Crippen LogP contribution >= 0.6 is 27.5 Å². The quantitative estimate of drug-likeness (QED) is 0.562. The summed E-state index contributed by atoms with van der Waals surface area (Å²) in [6, 6.07) is 6.23. The highest BCUT2D eigenvalue weighted by molar-refractivity contribution is 9.10. The fourth-order valence-corrected chi connectivity index (χ4v) is 2.34. The van der Waals surface area contributed by atoms with Crippen molar-refractivity contribution in [2.24, 2.45) is 0 Å². The van der Waals surface area contributed by atoms with Gasteiger partial charge >= 0.3 is 5.97 Å². The van der Waals surface area contributed by atoms with E-state index in [1.807, 2.05) is 0 Å². The zero-order valence-corrected chi connectivity index (χ0v) is 15.6. The standard InChI is InChI=1S/C16H21BrClNO4/c1-16(2,3)23-14(21)8-12(17)15(22)19-13(9-20)10-4-6-11(18)7-5-10/h4-7,12-13,20H,8-9H2,1-3H3,(H,19,22). The summed E-state index contributed by atoms with van der Waals surface area (Å²) in [6.07, 6.45) is -0.0954. The van der Waals surface area contributed by atoms with Crippen LogP contribution in [0.3, 0.4) is 0 Å². The van der Waals surface area contributed by atoms with E-state index < -0.39 is 28.3 Å². The van der Waals surface area contributed by atoms with E-state index >= 15 is 0 Å². The molecule has 0 saturated carbocycles. The molecule has 0 aliphatic heterocycles. The molecule has 0 heterocycles. The van der Waals surface area contributed by atoms with Crippen molar-refractivity contribution in [3.8, 4) is 0 Å². The molecule has 2 atom stereocenters. The van der Waals surface area contributed by atoms with Gasteiger partial charge in [-0.05, 0) is 38.5 Å². The molecule has 0 radical (unpaired) electrons. The molecule has 0 aliphatic rings. The Morgan fingerprint density at radius 2 is 1.87 bits per heavy atom. The van der Waals surface area contributed by atoms with E-state index in [1.165, 1.54) is 0 Å². The number of benzene rings is 1. The van der Waals surface area contributed by atoms with E-state index in [4.69, 9.17) is 16.3 Å². The highest BCUT2D eigenvalue weighted by Crippen LogP contribution is 2.18. The second-order valence-corrected chi connectivity index (χ2v) is 7.60. The minimum absolute atomic E-state index is 0.0954. The van der Waals surface area contributed by atoms with E-state index in [0.29, 0.717) is 5.02 Å². The number of esters is 1. The van der Waals surface area contributed by atoms with E-state index in [0.717, 1.165) is 5.56 Å². The number of halogens is 2. The molecule has 23 heavy (non-hydrogen) atoms. The van der Waals surface area contributed by atoms with Crippen molar-refractivity contribution in [1.82, 2.24) is 5.32 Å². The second kappa shape index (κ2) is 8.66. The molecule has 0 aliphatic carbocycles. The lowest BCUT2D eigenvalue weighted by atomic mass is 10.1. The molecular weight excluding hydrogens is 386 g/mol. The zero-order valence-electron chi connectivity index (χ0n) is 13.3. The molecule has 0 bridgehead atoms. The van der Waals surface area contributed by atoms with Gasteiger partial charge in [0, 0.05) is 5.02 Å². The summed E-state index contributed by atoms with van der Waals surface area (Å²) in [5.74, 6) is -0.869. The van der Waals surface area contributed by atoms with Gasteiger partial charge in [0.05, 0.1) is 19.1 Å². The number of carbonyl (C=O) groups excluding carboxylic acids is 2. The maximum absolute atomic E-state index is 12.2. The average Bonchev–Trinajstić information content (AvgIpc) is 2.43. The summed E-state index contributed by atoms with van der Waals surface area (Å²) in [6.45, 7) is 5.02. The topological polar surface area (TPSA) is 75.6 Å². The van der Waals surface area contributed by atoms with Crippen molar-refractivity contribution in [3.63, 3.8) is 0 Å². The Labute approximate surface area is 149 Å². The lowest BCUT2D eigenvalue weighted by Crippen LogP contribution is -2.37. The smallest absolute Gasteiger partial charge is 0.307 e. The first-order valence-electron chi connectivity index (χ1n) is 7.15. The van der Waals surface area contributed by atoms with Crippen LogP contribution in [0, 0.1) is 0 Å². The Morgan fingerprint density at radius 1 is 1.30 bits per heavy atom. The Balaban J connectivity index is 2.62. The molecule has 7 heteroatoms. The van der Waals surface area contributed by atoms with E-state index in [2.05, 4.69) is 21.2 Å². The lowest BCUT2D eigenvalue weighted by molar-refractivity contribution is -0.155. The van der Waals surface area contributed by atoms with Crippen LogP contribution in [-0.2, 0) is 14.3 Å². The number of nitrogens with one attached hydrogen (secondary N) is 1. The first kappa shape index (κ1) is 19.9. The van der Waals surface area contributed by atoms with Crippen LogP contribution in [0.4, 0.5) is 0 Å². The normalized spacial score (nSPS) is 14.0. The maximum atomic E-state index is 12.2. The van der Waals surface area contributed by atoms with Gasteiger partial charge in [-0.2, -0.15) is 0 Å². The number of aliphatic hydroxyl groups excluding tert-OH is 1. The number of hydrogen-bond donors (Lipinski definition) is 2. The molecule has 2 unspecified atom stereocenters. The van der Waals surface area contributed by atoms with Gasteiger partial charge in [-0.15, -0.1) is 0 Å². The van der Waals surface area contributed by atoms with Gasteiger partial charge in [0.1, 0.15) is 10.4 Å². The van der Waals surface area contributed by atoms with E-state index in [1.54, 1.807) is 45.0 Å². The molecule has 0 aromatic heterocycles. The van der Waals surface area contributed by atoms with Crippen LogP contribution < -0.4 is 5.32 Å². The molecule has 1 amide bonds. The summed E-state index contributed by atoms with van der Waals surface area (Å²) in [4.78, 5) is 23.2. The van der Waals surface area contributed by atoms with Gasteiger partial charge in [0.25, 0.3) is 0 Å². The Hall–Kier alpha value is -1.11. The molecule has 2 N–H and O–H groups in total. The molecule has 128 valence electrons. The highest BCUT2D eigenvalue weighted by atomic mass is 79.9. The highest BCUT2D eigenvalue weighted by Gasteiger charge is 2.25. The zero-order chi connectivity index (χ0) is 17.6. The Bertz CT molecular complexity index is 542. The van der Waals surface area contributed by atoms with Crippen LogP contribution in [0.15, 0.2) is 24.3 Å². The number of ether oxygens (including phenoxy) is 1. The molecule has 0 spiro atoms. The van der Waals surface area contributed by atoms with Crippen molar-refractivity contribution in [3.05, 3.63) is 34.9 Å². The van der Waals surface area contributed by atoms with E-state index in [-0.39, 0.29) is 13.0 Å². The fourth-order valence-electron chi connectivity index (χ4n) is 1.81. The van der Waals surface area contributed by atoms with Crippen LogP contribution in [-0.4, -0.2) is 34.0 Å². The van der Waals surface area contributed by atoms with Crippen molar-refractivity contribution in [1.29, 1.82) is 0 Å². The number of aliphatic hydroxyl groups is 1. The van der Waals surface area contributed by atoms with Gasteiger partial charge in [0.15, 0.2) is 0 Å². The second-order valence-electron chi connectivity index (χ2n) is 6.05. The molecule has 1 aromatic rings. The number of carbonyl (C=O) groups is 2. The van der Waals surface area contributed by atoms with Gasteiger partial charge in [-0.25, -0.2) is 0 Å². The third kappa shape index (κ3) is 7.33. The van der Waals surface area contributed by atoms with Gasteiger partial charge < -0.3 is 15.2 Å². The number of alkyl halides is 1. The first-order valence-corrected chi connectivity index (χ1v) is 8.44. The molecule has 5 nitrogen and oxygen atoms in total. The van der Waals surface area contributed by atoms with Crippen LogP contribution in [0.25, 0.3) is 0 Å². The largest absolute Gasteiger partial charge is 0.460 e. The summed E-state index contributed by atoms with van der Waals surface area (Å²) in [5.41, 5.74) is 0.124. The average molecular weight is 407 g/mol. The van der Waals surface area contributed by atoms with Gasteiger partial charge in [0.2, 0.25) is 5.91 Å². The number of hydrogen-bond acceptors (Lipinski definition) is 4. The molecule has 0 saturated heterocycles. The third-order valence-electron chi connectivity index (χ3n) is 2.82. The number of rotatable bonds is 6. The molecule has 0 fully saturated rings. The lowest BCUT2D eigenvalue weighted by Gasteiger charge is -2.21. The van der Waals surface area contributed by atoms with Crippen LogP contribution in [0.2, 0.25) is 5.02 Å². The molecule has 1 aromatic carbocycles. The van der Waals surface area contributed by atoms with Crippen LogP contribution in [0.1, 0.15) is 38.8 Å². The third-order valence-corrected chi connectivity index (χ3v) is 3.81. The summed E-state index contributed by atoms with van der Waals surface area (Å²) in [5, 5.41) is 12.7. The monoisotopic (exact) mass is 405 g/mol. The van der Waals surface area contributed by atoms with Crippen molar-refractivity contribution >= 4 is 39.4 Å². The minimum Gasteiger partial charge on any atom is -0.460 e. The molecular formula is C16H21BrClNO4. The Morgan fingerprint density at radius 3 is 2.35 bits per heavy atom. The Kier molecular flexibility index (Phi) is 7.51.